The van der Waals surface area contributed by atoms with Gasteiger partial charge in [0.05, 0.1) is 0 Å². The first-order valence-electron chi connectivity index (χ1n) is 2.10. The Hall–Kier alpha value is 0.499. The van der Waals surface area contributed by atoms with Crippen molar-refractivity contribution in [2.75, 3.05) is 0 Å². The van der Waals surface area contributed by atoms with Gasteiger partial charge in [-0.3, -0.25) is 0 Å². The summed E-state index contributed by atoms with van der Waals surface area (Å²) in [6.07, 6.45) is 0. The van der Waals surface area contributed by atoms with Crippen molar-refractivity contribution >= 4 is 33.9 Å². The van der Waals surface area contributed by atoms with Crippen molar-refractivity contribution in [3.8, 4) is 0 Å². The van der Waals surface area contributed by atoms with Crippen LogP contribution in [-0.4, -0.2) is 22.5 Å². The second-order valence-corrected chi connectivity index (χ2v) is 3.30. The maximum atomic E-state index is 2.18. The number of hydrogen-bond donors (Lipinski definition) is 0. The van der Waals surface area contributed by atoms with Gasteiger partial charge in [-0.1, -0.05) is 0 Å². The normalized spacial score (nSPS) is 9.29. The molecule has 0 amide bonds. The number of thiophene rings is 1. The van der Waals surface area contributed by atoms with Crippen LogP contribution in [0.3, 0.4) is 0 Å². The van der Waals surface area contributed by atoms with Gasteiger partial charge in [-0.2, -0.15) is 0 Å². The van der Waals surface area contributed by atoms with Crippen molar-refractivity contribution in [3.63, 3.8) is 0 Å². The van der Waals surface area contributed by atoms with Crippen LogP contribution in [0.1, 0.15) is 4.88 Å². The molecule has 0 bridgehead atoms. The van der Waals surface area contributed by atoms with Crippen molar-refractivity contribution in [3.05, 3.63) is 22.4 Å². The van der Waals surface area contributed by atoms with Gasteiger partial charge < -0.3 is 0 Å². The summed E-state index contributed by atoms with van der Waals surface area (Å²) in [7, 11) is 0. The Morgan fingerprint density at radius 1 is 1.71 bits per heavy atom. The molecule has 0 nitrogen and oxygen atoms in total. The van der Waals surface area contributed by atoms with Gasteiger partial charge in [-0.15, -0.1) is 0 Å². The van der Waals surface area contributed by atoms with Crippen LogP contribution in [0.25, 0.3) is 0 Å². The van der Waals surface area contributed by atoms with E-state index in [4.69, 9.17) is 0 Å². The van der Waals surface area contributed by atoms with E-state index in [0.717, 1.165) is 0 Å². The van der Waals surface area contributed by atoms with Gasteiger partial charge in [0.2, 0.25) is 0 Å². The van der Waals surface area contributed by atoms with Gasteiger partial charge in [0.15, 0.2) is 0 Å². The molecule has 1 aromatic heterocycles. The van der Waals surface area contributed by atoms with E-state index in [0.29, 0.717) is 0 Å². The number of hydrogen-bond acceptors (Lipinski definition) is 1. The van der Waals surface area contributed by atoms with Crippen LogP contribution in [0.15, 0.2) is 17.5 Å². The summed E-state index contributed by atoms with van der Waals surface area (Å²) < 4.78 is 1.27. The van der Waals surface area contributed by atoms with E-state index < -0.39 is 0 Å². The van der Waals surface area contributed by atoms with E-state index in [-0.39, 0.29) is 0 Å². The molecule has 0 saturated carbocycles. The molecule has 0 atom stereocenters. The van der Waals surface area contributed by atoms with E-state index in [1.54, 1.807) is 22.5 Å². The van der Waals surface area contributed by atoms with Crippen LogP contribution in [0.4, 0.5) is 0 Å². The molecular weight excluding hydrogens is 211 g/mol. The van der Waals surface area contributed by atoms with Crippen molar-refractivity contribution in [1.29, 1.82) is 0 Å². The van der Waals surface area contributed by atoms with Crippen LogP contribution >= 0.6 is 11.3 Å². The second kappa shape index (κ2) is 2.72. The quantitative estimate of drug-likeness (QED) is 0.622. The Morgan fingerprint density at radius 3 is 2.86 bits per heavy atom. The average molecular weight is 216 g/mol. The van der Waals surface area contributed by atoms with Crippen LogP contribution in [0, 0.1) is 0 Å². The molecule has 0 aromatic carbocycles. The van der Waals surface area contributed by atoms with Gasteiger partial charge in [-0.05, 0) is 0 Å². The number of rotatable bonds is 1. The molecule has 2 heteroatoms. The topological polar surface area (TPSA) is 0 Å². The third-order valence-electron chi connectivity index (χ3n) is 0.754. The SMILES string of the molecule is [Sn][CH2]c1cccs1. The molecule has 35 valence electrons. The Bertz CT molecular complexity index is 123. The average Bonchev–Trinajstić information content (AvgIpc) is 2.14. The van der Waals surface area contributed by atoms with Crippen molar-refractivity contribution in [1.82, 2.24) is 0 Å². The monoisotopic (exact) mass is 217 g/mol. The summed E-state index contributed by atoms with van der Waals surface area (Å²) in [5, 5.41) is 2.12. The fourth-order valence-corrected chi connectivity index (χ4v) is 2.04. The third-order valence-corrected chi connectivity index (χ3v) is 3.45. The fraction of sp³-hybridized carbons (Fsp3) is 0.200. The van der Waals surface area contributed by atoms with E-state index >= 15 is 0 Å². The van der Waals surface area contributed by atoms with Crippen molar-refractivity contribution in [2.45, 2.75) is 4.44 Å². The van der Waals surface area contributed by atoms with Crippen LogP contribution in [0.5, 0.6) is 0 Å². The molecule has 3 radical (unpaired) electrons. The summed E-state index contributed by atoms with van der Waals surface area (Å²) in [4.78, 5) is 1.51. The van der Waals surface area contributed by atoms with Crippen LogP contribution in [-0.2, 0) is 4.44 Å². The summed E-state index contributed by atoms with van der Waals surface area (Å²) in [5.74, 6) is 0. The molecule has 0 aliphatic rings. The standard InChI is InChI=1S/C5H5S.Sn/c1-5-3-2-4-6-5;/h2-4H,1H2;. The minimum atomic E-state index is 1.27. The summed E-state index contributed by atoms with van der Waals surface area (Å²) in [6, 6.07) is 4.28. The van der Waals surface area contributed by atoms with Gasteiger partial charge in [0.1, 0.15) is 0 Å². The summed E-state index contributed by atoms with van der Waals surface area (Å²) in [6.45, 7) is 0. The van der Waals surface area contributed by atoms with Gasteiger partial charge in [0.25, 0.3) is 0 Å². The molecule has 0 aliphatic carbocycles. The molecule has 0 N–H and O–H groups in total. The molecule has 0 saturated heterocycles. The molecule has 1 heterocycles. The summed E-state index contributed by atoms with van der Waals surface area (Å²) >= 11 is 3.45. The first-order valence-corrected chi connectivity index (χ1v) is 5.00. The van der Waals surface area contributed by atoms with Crippen molar-refractivity contribution in [2.24, 2.45) is 0 Å². The van der Waals surface area contributed by atoms with Crippen molar-refractivity contribution < 1.29 is 0 Å². The predicted molar refractivity (Wildman–Crippen MR) is 33.8 cm³/mol. The molecule has 0 spiro atoms. The zero-order valence-electron chi connectivity index (χ0n) is 3.85. The van der Waals surface area contributed by atoms with Gasteiger partial charge >= 0.3 is 60.7 Å². The first-order chi connectivity index (χ1) is 3.43. The zero-order valence-corrected chi connectivity index (χ0v) is 7.52. The first kappa shape index (κ1) is 5.63. The minimum absolute atomic E-state index is 1.27. The molecule has 1 aromatic rings. The Morgan fingerprint density at radius 2 is 2.57 bits per heavy atom. The Kier molecular flexibility index (Phi) is 2.19. The van der Waals surface area contributed by atoms with Crippen LogP contribution < -0.4 is 0 Å². The summed E-state index contributed by atoms with van der Waals surface area (Å²) in [5.41, 5.74) is 0. The predicted octanol–water partition coefficient (Wildman–Crippen LogP) is 1.42. The molecule has 0 aliphatic heterocycles. The second-order valence-electron chi connectivity index (χ2n) is 1.26. The Balaban J connectivity index is 2.76. The van der Waals surface area contributed by atoms with E-state index in [1.165, 1.54) is 9.31 Å². The third kappa shape index (κ3) is 1.46. The van der Waals surface area contributed by atoms with E-state index in [2.05, 4.69) is 17.5 Å². The van der Waals surface area contributed by atoms with Gasteiger partial charge in [0, 0.05) is 0 Å². The van der Waals surface area contributed by atoms with Gasteiger partial charge in [-0.25, -0.2) is 0 Å². The molecule has 7 heavy (non-hydrogen) atoms. The van der Waals surface area contributed by atoms with E-state index in [9.17, 15) is 0 Å². The maximum absolute atomic E-state index is 2.18. The van der Waals surface area contributed by atoms with E-state index in [1.807, 2.05) is 11.3 Å². The zero-order chi connectivity index (χ0) is 5.11. The molecule has 0 unspecified atom stereocenters. The molecule has 0 fully saturated rings. The molecular formula is C5H5SSn. The fourth-order valence-electron chi connectivity index (χ4n) is 0.413. The molecule has 1 rings (SSSR count). The Labute approximate surface area is 60.6 Å². The van der Waals surface area contributed by atoms with Crippen LogP contribution in [0.2, 0.25) is 0 Å².